The van der Waals surface area contributed by atoms with Crippen molar-refractivity contribution in [1.82, 2.24) is 0 Å². The molecular weight excluding hydrogens is 464 g/mol. The zero-order chi connectivity index (χ0) is 24.0. The molecule has 1 aromatic heterocycles. The zero-order valence-electron chi connectivity index (χ0n) is 18.9. The Labute approximate surface area is 205 Å². The second kappa shape index (κ2) is 8.34. The summed E-state index contributed by atoms with van der Waals surface area (Å²) in [4.78, 5) is 9.84. The van der Waals surface area contributed by atoms with Crippen LogP contribution in [0.1, 0.15) is 36.8 Å². The summed E-state index contributed by atoms with van der Waals surface area (Å²) in [7, 11) is 0. The fourth-order valence-electron chi connectivity index (χ4n) is 3.82. The van der Waals surface area contributed by atoms with Crippen molar-refractivity contribution in [3.63, 3.8) is 0 Å². The van der Waals surface area contributed by atoms with Crippen LogP contribution in [-0.2, 0) is 5.41 Å². The van der Waals surface area contributed by atoms with Crippen LogP contribution in [0.3, 0.4) is 0 Å². The molecule has 0 amide bonds. The molecule has 0 saturated carbocycles. The first-order chi connectivity index (χ1) is 16.2. The number of aliphatic imine (C=N–C) groups is 1. The number of phenolic OH excluding ortho intramolecular Hbond substituents is 1. The van der Waals surface area contributed by atoms with Crippen LogP contribution in [-0.4, -0.2) is 16.0 Å². The standard InChI is InChI=1S/C27H22N2O3S2/c1-27(2,3)17-10-8-16(9-11-17)18-5-4-6-19(23(18)30)24-28-20-12-7-15(13-21(20)29-24)14-22-25(31)32-26(33)34-22/h4-14,30-31H,1-3H3/b15-14+. The van der Waals surface area contributed by atoms with Crippen LogP contribution in [0.4, 0.5) is 5.69 Å². The molecule has 0 radical (unpaired) electrons. The fourth-order valence-corrected chi connectivity index (χ4v) is 4.79. The van der Waals surface area contributed by atoms with Gasteiger partial charge in [-0.15, -0.1) is 0 Å². The summed E-state index contributed by atoms with van der Waals surface area (Å²) in [5, 5.41) is 22.5. The smallest absolute Gasteiger partial charge is 0.301 e. The van der Waals surface area contributed by atoms with Gasteiger partial charge in [-0.1, -0.05) is 74.6 Å². The average Bonchev–Trinajstić information content (AvgIpc) is 3.35. The number of fused-ring (bicyclic) bond motifs is 1. The van der Waals surface area contributed by atoms with Crippen molar-refractivity contribution in [2.24, 2.45) is 9.98 Å². The third kappa shape index (κ3) is 4.20. The van der Waals surface area contributed by atoms with Gasteiger partial charge in [0, 0.05) is 5.56 Å². The van der Waals surface area contributed by atoms with Gasteiger partial charge in [-0.25, -0.2) is 9.98 Å². The molecule has 0 saturated heterocycles. The lowest BCUT2D eigenvalue weighted by molar-refractivity contribution is 0.327. The number of para-hydroxylation sites is 1. The van der Waals surface area contributed by atoms with E-state index < -0.39 is 0 Å². The molecular formula is C27H22N2O3S2. The van der Waals surface area contributed by atoms with E-state index in [1.54, 1.807) is 6.08 Å². The van der Waals surface area contributed by atoms with Gasteiger partial charge in [0.25, 0.3) is 4.02 Å². The minimum absolute atomic E-state index is 0.0621. The Morgan fingerprint density at radius 1 is 0.941 bits per heavy atom. The van der Waals surface area contributed by atoms with E-state index in [0.717, 1.165) is 21.7 Å². The highest BCUT2D eigenvalue weighted by Crippen LogP contribution is 2.35. The van der Waals surface area contributed by atoms with E-state index in [0.29, 0.717) is 22.0 Å². The summed E-state index contributed by atoms with van der Waals surface area (Å²) in [5.74, 6) is 0.414. The molecule has 1 aliphatic heterocycles. The average molecular weight is 487 g/mol. The van der Waals surface area contributed by atoms with Gasteiger partial charge in [0.05, 0.1) is 16.6 Å². The number of rotatable bonds is 3. The Hall–Kier alpha value is -3.55. The van der Waals surface area contributed by atoms with Gasteiger partial charge in [0.15, 0.2) is 5.84 Å². The van der Waals surface area contributed by atoms with Crippen molar-refractivity contribution in [3.8, 4) is 22.8 Å². The van der Waals surface area contributed by atoms with Crippen LogP contribution >= 0.6 is 23.6 Å². The van der Waals surface area contributed by atoms with Gasteiger partial charge >= 0.3 is 5.95 Å². The van der Waals surface area contributed by atoms with E-state index in [2.05, 4.69) is 42.9 Å². The van der Waals surface area contributed by atoms with Gasteiger partial charge in [-0.2, -0.15) is 0 Å². The number of phenols is 1. The van der Waals surface area contributed by atoms with E-state index in [-0.39, 0.29) is 21.1 Å². The predicted octanol–water partition coefficient (Wildman–Crippen LogP) is 5.99. The molecule has 0 fully saturated rings. The van der Waals surface area contributed by atoms with Crippen molar-refractivity contribution in [2.75, 3.05) is 0 Å². The lowest BCUT2D eigenvalue weighted by atomic mass is 9.86. The highest BCUT2D eigenvalue weighted by molar-refractivity contribution is 7.73. The largest absolute Gasteiger partial charge is 0.507 e. The molecule has 0 aliphatic carbocycles. The number of nitrogens with zero attached hydrogens (tertiary/aromatic N) is 2. The summed E-state index contributed by atoms with van der Waals surface area (Å²) in [5.41, 5.74) is 4.23. The quantitative estimate of drug-likeness (QED) is 0.349. The SMILES string of the molecule is CC(C)(C)c1ccc(-c2cccc(C3=Nc4c/c(=C/c5sc(=S)oc5O)ccc4=N3)c2O)cc1. The first kappa shape index (κ1) is 22.3. The maximum absolute atomic E-state index is 11.1. The van der Waals surface area contributed by atoms with Crippen molar-refractivity contribution in [1.29, 1.82) is 0 Å². The summed E-state index contributed by atoms with van der Waals surface area (Å²) < 4.78 is 5.29. The molecule has 0 spiro atoms. The molecule has 1 aliphatic rings. The molecule has 170 valence electrons. The molecule has 2 heterocycles. The van der Waals surface area contributed by atoms with Crippen LogP contribution in [0.25, 0.3) is 17.2 Å². The van der Waals surface area contributed by atoms with E-state index in [4.69, 9.17) is 16.6 Å². The fraction of sp³-hybridized carbons (Fsp3) is 0.148. The monoisotopic (exact) mass is 486 g/mol. The predicted molar refractivity (Wildman–Crippen MR) is 138 cm³/mol. The van der Waals surface area contributed by atoms with Crippen LogP contribution in [0.2, 0.25) is 0 Å². The van der Waals surface area contributed by atoms with E-state index in [9.17, 15) is 10.2 Å². The zero-order valence-corrected chi connectivity index (χ0v) is 20.5. The number of hydrogen-bond acceptors (Lipinski definition) is 7. The maximum Gasteiger partial charge on any atom is 0.301 e. The summed E-state index contributed by atoms with van der Waals surface area (Å²) >= 11 is 6.17. The van der Waals surface area contributed by atoms with Gasteiger partial charge in [-0.05, 0) is 58.3 Å². The molecule has 5 rings (SSSR count). The normalized spacial score (nSPS) is 13.5. The maximum atomic E-state index is 11.1. The lowest BCUT2D eigenvalue weighted by Crippen LogP contribution is -2.10. The van der Waals surface area contributed by atoms with E-state index >= 15 is 0 Å². The summed E-state index contributed by atoms with van der Waals surface area (Å²) in [6, 6.07) is 19.5. The third-order valence-corrected chi connectivity index (χ3v) is 6.77. The molecule has 34 heavy (non-hydrogen) atoms. The van der Waals surface area contributed by atoms with Crippen molar-refractivity contribution in [3.05, 3.63) is 91.3 Å². The van der Waals surface area contributed by atoms with Gasteiger partial charge in [0.1, 0.15) is 10.6 Å². The summed E-state index contributed by atoms with van der Waals surface area (Å²) in [6.45, 7) is 6.53. The van der Waals surface area contributed by atoms with Gasteiger partial charge in [0.2, 0.25) is 0 Å². The highest BCUT2D eigenvalue weighted by atomic mass is 32.1. The Morgan fingerprint density at radius 3 is 2.35 bits per heavy atom. The first-order valence-corrected chi connectivity index (χ1v) is 12.0. The van der Waals surface area contributed by atoms with Crippen LogP contribution in [0, 0.1) is 4.02 Å². The number of amidine groups is 1. The highest BCUT2D eigenvalue weighted by Gasteiger charge is 2.18. The number of hydrogen-bond donors (Lipinski definition) is 2. The van der Waals surface area contributed by atoms with E-state index in [1.165, 1.54) is 16.9 Å². The van der Waals surface area contributed by atoms with Crippen LogP contribution < -0.4 is 10.6 Å². The third-order valence-electron chi connectivity index (χ3n) is 5.67. The van der Waals surface area contributed by atoms with Gasteiger partial charge in [-0.3, -0.25) is 0 Å². The molecule has 0 unspecified atom stereocenters. The second-order valence-corrected chi connectivity index (χ2v) is 10.7. The van der Waals surface area contributed by atoms with Crippen molar-refractivity contribution < 1.29 is 14.6 Å². The molecule has 4 aromatic rings. The van der Waals surface area contributed by atoms with Crippen LogP contribution in [0.5, 0.6) is 11.7 Å². The number of aromatic hydroxyl groups is 2. The molecule has 2 N–H and O–H groups in total. The van der Waals surface area contributed by atoms with Crippen LogP contribution in [0.15, 0.2) is 75.1 Å². The molecule has 0 atom stereocenters. The first-order valence-electron chi connectivity index (χ1n) is 10.7. The Bertz CT molecular complexity index is 1620. The Morgan fingerprint density at radius 2 is 1.68 bits per heavy atom. The molecule has 0 bridgehead atoms. The molecule has 7 heteroatoms. The Balaban J connectivity index is 1.51. The van der Waals surface area contributed by atoms with E-state index in [1.807, 2.05) is 48.5 Å². The summed E-state index contributed by atoms with van der Waals surface area (Å²) in [6.07, 6.45) is 1.78. The Kier molecular flexibility index (Phi) is 5.46. The van der Waals surface area contributed by atoms with Gasteiger partial charge < -0.3 is 14.6 Å². The lowest BCUT2D eigenvalue weighted by Gasteiger charge is -2.19. The number of benzene rings is 3. The van der Waals surface area contributed by atoms with Crippen molar-refractivity contribution in [2.45, 2.75) is 26.2 Å². The molecule has 5 nitrogen and oxygen atoms in total. The minimum Gasteiger partial charge on any atom is -0.507 e. The molecule has 3 aromatic carbocycles. The minimum atomic E-state index is -0.193. The topological polar surface area (TPSA) is 78.3 Å². The van der Waals surface area contributed by atoms with Crippen molar-refractivity contribution >= 4 is 41.2 Å². The second-order valence-electron chi connectivity index (χ2n) is 9.09.